The summed E-state index contributed by atoms with van der Waals surface area (Å²) in [6.45, 7) is 0.410. The van der Waals surface area contributed by atoms with Crippen LogP contribution in [0.4, 0.5) is 5.69 Å². The van der Waals surface area contributed by atoms with Crippen molar-refractivity contribution in [3.8, 4) is 5.75 Å². The van der Waals surface area contributed by atoms with Crippen LogP contribution in [0.1, 0.15) is 11.1 Å². The van der Waals surface area contributed by atoms with Crippen molar-refractivity contribution in [2.45, 2.75) is 6.61 Å². The number of anilines is 1. The number of thioether (sulfide) groups is 1. The van der Waals surface area contributed by atoms with Crippen molar-refractivity contribution in [2.24, 2.45) is 0 Å². The number of thiocarbonyl (C=S) groups is 1. The van der Waals surface area contributed by atoms with E-state index in [-0.39, 0.29) is 5.91 Å². The summed E-state index contributed by atoms with van der Waals surface area (Å²) in [5, 5.41) is 2.88. The maximum Gasteiger partial charge on any atom is 0.270 e. The Morgan fingerprint density at radius 2 is 1.79 bits per heavy atom. The lowest BCUT2D eigenvalue weighted by Crippen LogP contribution is -2.27. The van der Waals surface area contributed by atoms with Crippen LogP contribution in [0.25, 0.3) is 16.8 Å². The number of rotatable bonds is 5. The van der Waals surface area contributed by atoms with Crippen LogP contribution in [-0.2, 0) is 11.4 Å². The second kappa shape index (κ2) is 9.92. The second-order valence-corrected chi connectivity index (χ2v) is 10.6. The first-order valence-corrected chi connectivity index (χ1v) is 12.8. The minimum Gasteiger partial charge on any atom is -0.488 e. The minimum atomic E-state index is -0.183. The molecule has 0 atom stereocenters. The second-order valence-electron chi connectivity index (χ2n) is 7.61. The monoisotopic (exact) mass is 565 g/mol. The SMILES string of the molecule is O=C1/C(=C\c2cc(Br)ccc2OCc2cccc3ccccc23)SC(=S)N1c1cccc(Cl)c1. The van der Waals surface area contributed by atoms with Crippen LogP contribution in [0.5, 0.6) is 5.75 Å². The third kappa shape index (κ3) is 4.77. The Morgan fingerprint density at radius 1 is 1.00 bits per heavy atom. The van der Waals surface area contributed by atoms with Crippen LogP contribution in [0.15, 0.2) is 94.3 Å². The van der Waals surface area contributed by atoms with Gasteiger partial charge in [0.15, 0.2) is 4.32 Å². The molecule has 1 aliphatic rings. The first kappa shape index (κ1) is 23.1. The van der Waals surface area contributed by atoms with Crippen LogP contribution in [0, 0.1) is 0 Å². The third-order valence-corrected chi connectivity index (χ3v) is 7.41. The van der Waals surface area contributed by atoms with E-state index < -0.39 is 0 Å². The fourth-order valence-electron chi connectivity index (χ4n) is 3.78. The molecule has 3 nitrogen and oxygen atoms in total. The number of benzene rings is 4. The molecule has 0 aliphatic carbocycles. The van der Waals surface area contributed by atoms with Crippen molar-refractivity contribution >= 4 is 84.3 Å². The minimum absolute atomic E-state index is 0.183. The van der Waals surface area contributed by atoms with Gasteiger partial charge < -0.3 is 4.74 Å². The zero-order valence-electron chi connectivity index (χ0n) is 17.7. The smallest absolute Gasteiger partial charge is 0.270 e. The lowest BCUT2D eigenvalue weighted by molar-refractivity contribution is -0.113. The Kier molecular flexibility index (Phi) is 6.75. The van der Waals surface area contributed by atoms with Crippen molar-refractivity contribution in [3.05, 3.63) is 110 Å². The summed E-state index contributed by atoms with van der Waals surface area (Å²) in [5.74, 6) is 0.501. The zero-order valence-corrected chi connectivity index (χ0v) is 21.7. The van der Waals surface area contributed by atoms with Crippen molar-refractivity contribution in [2.75, 3.05) is 4.90 Å². The fraction of sp³-hybridized carbons (Fsp3) is 0.0370. The number of hydrogen-bond donors (Lipinski definition) is 0. The normalized spacial score (nSPS) is 14.9. The van der Waals surface area contributed by atoms with Crippen molar-refractivity contribution < 1.29 is 9.53 Å². The molecule has 0 saturated carbocycles. The highest BCUT2D eigenvalue weighted by molar-refractivity contribution is 9.10. The molecule has 1 amide bonds. The third-order valence-electron chi connectivity index (χ3n) is 5.38. The fourth-order valence-corrected chi connectivity index (χ4v) is 5.64. The molecule has 0 N–H and O–H groups in total. The molecule has 1 heterocycles. The van der Waals surface area contributed by atoms with E-state index in [9.17, 15) is 4.79 Å². The quantitative estimate of drug-likeness (QED) is 0.180. The number of nitrogens with zero attached hydrogens (tertiary/aromatic N) is 1. The number of fused-ring (bicyclic) bond motifs is 1. The van der Waals surface area contributed by atoms with E-state index in [1.54, 1.807) is 18.2 Å². The standard InChI is InChI=1S/C27H17BrClNO2S2/c28-20-11-12-24(32-16-18-7-3-6-17-5-1-2-10-23(17)18)19(13-20)14-25-26(31)30(27(33)34-25)22-9-4-8-21(29)15-22/h1-15H,16H2/b25-14+. The molecule has 0 radical (unpaired) electrons. The van der Waals surface area contributed by atoms with E-state index in [0.29, 0.717) is 32.3 Å². The molecular formula is C27H17BrClNO2S2. The molecule has 7 heteroatoms. The lowest BCUT2D eigenvalue weighted by atomic mass is 10.1. The number of amides is 1. The van der Waals surface area contributed by atoms with E-state index in [1.807, 2.05) is 48.5 Å². The van der Waals surface area contributed by atoms with Crippen molar-refractivity contribution in [1.29, 1.82) is 0 Å². The van der Waals surface area contributed by atoms with Crippen molar-refractivity contribution in [3.63, 3.8) is 0 Å². The van der Waals surface area contributed by atoms with Crippen LogP contribution in [0.2, 0.25) is 5.02 Å². The number of carbonyl (C=O) groups excluding carboxylic acids is 1. The lowest BCUT2D eigenvalue weighted by Gasteiger charge is -2.14. The molecule has 1 aliphatic heterocycles. The highest BCUT2D eigenvalue weighted by Gasteiger charge is 2.33. The highest BCUT2D eigenvalue weighted by atomic mass is 79.9. The molecule has 4 aromatic carbocycles. The van der Waals surface area contributed by atoms with E-state index >= 15 is 0 Å². The van der Waals surface area contributed by atoms with Crippen molar-refractivity contribution in [1.82, 2.24) is 0 Å². The summed E-state index contributed by atoms with van der Waals surface area (Å²) in [7, 11) is 0. The molecule has 1 saturated heterocycles. The molecule has 0 spiro atoms. The Bertz CT molecular complexity index is 1460. The molecular weight excluding hydrogens is 550 g/mol. The van der Waals surface area contributed by atoms with E-state index in [1.165, 1.54) is 22.0 Å². The number of carbonyl (C=O) groups is 1. The van der Waals surface area contributed by atoms with Gasteiger partial charge in [-0.1, -0.05) is 100 Å². The number of ether oxygens (including phenoxy) is 1. The maximum absolute atomic E-state index is 13.2. The Hall–Kier alpha value is -2.64. The Morgan fingerprint density at radius 3 is 2.65 bits per heavy atom. The summed E-state index contributed by atoms with van der Waals surface area (Å²) in [4.78, 5) is 15.2. The predicted molar refractivity (Wildman–Crippen MR) is 150 cm³/mol. The van der Waals surface area contributed by atoms with Gasteiger partial charge in [0.25, 0.3) is 5.91 Å². The highest BCUT2D eigenvalue weighted by Crippen LogP contribution is 2.38. The molecule has 0 bridgehead atoms. The topological polar surface area (TPSA) is 29.5 Å². The van der Waals surface area contributed by atoms with Crippen LogP contribution in [0.3, 0.4) is 0 Å². The summed E-state index contributed by atoms with van der Waals surface area (Å²) < 4.78 is 7.59. The molecule has 0 aromatic heterocycles. The first-order valence-electron chi connectivity index (χ1n) is 10.4. The maximum atomic E-state index is 13.2. The molecule has 34 heavy (non-hydrogen) atoms. The van der Waals surface area contributed by atoms with Gasteiger partial charge in [-0.15, -0.1) is 0 Å². The van der Waals surface area contributed by atoms with Gasteiger partial charge in [-0.25, -0.2) is 0 Å². The number of hydrogen-bond acceptors (Lipinski definition) is 4. The van der Waals surface area contributed by atoms with Gasteiger partial charge in [-0.2, -0.15) is 0 Å². The average Bonchev–Trinajstić information content (AvgIpc) is 3.11. The van der Waals surface area contributed by atoms with Gasteiger partial charge in [0, 0.05) is 15.1 Å². The van der Waals surface area contributed by atoms with Gasteiger partial charge in [-0.05, 0) is 58.8 Å². The van der Waals surface area contributed by atoms with Gasteiger partial charge in [0.1, 0.15) is 12.4 Å². The van der Waals surface area contributed by atoms with Crippen LogP contribution in [-0.4, -0.2) is 10.2 Å². The summed E-state index contributed by atoms with van der Waals surface area (Å²) in [6, 6.07) is 27.3. The van der Waals surface area contributed by atoms with Gasteiger partial charge in [0.2, 0.25) is 0 Å². The molecule has 4 aromatic rings. The van der Waals surface area contributed by atoms with Gasteiger partial charge >= 0.3 is 0 Å². The van der Waals surface area contributed by atoms with E-state index in [2.05, 4.69) is 40.2 Å². The van der Waals surface area contributed by atoms with E-state index in [0.717, 1.165) is 21.0 Å². The summed E-state index contributed by atoms with van der Waals surface area (Å²) in [5.41, 5.74) is 2.54. The molecule has 5 rings (SSSR count). The average molecular weight is 567 g/mol. The van der Waals surface area contributed by atoms with Gasteiger partial charge in [-0.3, -0.25) is 9.69 Å². The van der Waals surface area contributed by atoms with Crippen LogP contribution < -0.4 is 9.64 Å². The Labute approximate surface area is 220 Å². The zero-order chi connectivity index (χ0) is 23.7. The largest absolute Gasteiger partial charge is 0.488 e. The van der Waals surface area contributed by atoms with Gasteiger partial charge in [0.05, 0.1) is 10.6 Å². The van der Waals surface area contributed by atoms with E-state index in [4.69, 9.17) is 28.6 Å². The summed E-state index contributed by atoms with van der Waals surface area (Å²) in [6.07, 6.45) is 1.83. The number of halogens is 2. The van der Waals surface area contributed by atoms with Crippen LogP contribution >= 0.6 is 51.5 Å². The molecule has 1 fully saturated rings. The predicted octanol–water partition coefficient (Wildman–Crippen LogP) is 8.24. The molecule has 0 unspecified atom stereocenters. The first-order chi connectivity index (χ1) is 16.5. The molecule has 168 valence electrons. The Balaban J connectivity index is 1.44. The summed E-state index contributed by atoms with van der Waals surface area (Å²) >= 11 is 16.4.